The number of piperidine rings is 1. The summed E-state index contributed by atoms with van der Waals surface area (Å²) in [5.41, 5.74) is -0.0377. The molecule has 0 saturated carbocycles. The second-order valence-corrected chi connectivity index (χ2v) is 8.23. The Morgan fingerprint density at radius 3 is 2.89 bits per heavy atom. The molecule has 1 saturated heterocycles. The number of aromatic nitrogens is 2. The Morgan fingerprint density at radius 2 is 2.14 bits per heavy atom. The lowest BCUT2D eigenvalue weighted by Gasteiger charge is -2.28. The van der Waals surface area contributed by atoms with E-state index in [1.807, 2.05) is 0 Å². The average molecular weight is 471 g/mol. The lowest BCUT2D eigenvalue weighted by molar-refractivity contribution is -0.120. The molecule has 0 radical (unpaired) electrons. The Labute approximate surface area is 175 Å². The number of fused-ring (bicyclic) bond motifs is 1. The quantitative estimate of drug-likeness (QED) is 0.673. The number of aliphatic hydroxyl groups is 1. The number of nitrogens with one attached hydrogen (secondary N) is 1. The van der Waals surface area contributed by atoms with Gasteiger partial charge in [-0.1, -0.05) is 11.6 Å². The minimum Gasteiger partial charge on any atom is -0.391 e. The van der Waals surface area contributed by atoms with Crippen molar-refractivity contribution in [3.63, 3.8) is 0 Å². The van der Waals surface area contributed by atoms with Gasteiger partial charge in [0.2, 0.25) is 5.91 Å². The summed E-state index contributed by atoms with van der Waals surface area (Å²) in [6.45, 7) is 0.798. The molecule has 2 N–H and O–H groups in total. The predicted molar refractivity (Wildman–Crippen MR) is 110 cm³/mol. The molecule has 1 aromatic heterocycles. The number of carbonyl (C=O) groups is 2. The molecule has 2 unspecified atom stereocenters. The molecule has 0 bridgehead atoms. The summed E-state index contributed by atoms with van der Waals surface area (Å²) in [6.07, 6.45) is 3.17. The first-order chi connectivity index (χ1) is 13.4. The standard InChI is InChI=1S/C19H21BrClN3O4/c20-13-9-15-12(8-14(13)21)19(28)24(10-23-15)18(27)5-1-3-11(25)7-16-17(26)4-2-6-22-16/h8-10,16-17,22,26H,1-7H2. The number of aliphatic hydroxyl groups excluding tert-OH is 1. The smallest absolute Gasteiger partial charge is 0.268 e. The molecule has 0 spiro atoms. The number of benzene rings is 1. The van der Waals surface area contributed by atoms with E-state index in [1.165, 1.54) is 12.4 Å². The van der Waals surface area contributed by atoms with E-state index in [-0.39, 0.29) is 36.5 Å². The van der Waals surface area contributed by atoms with E-state index in [1.54, 1.807) is 6.07 Å². The van der Waals surface area contributed by atoms with Gasteiger partial charge in [0, 0.05) is 29.8 Å². The summed E-state index contributed by atoms with van der Waals surface area (Å²) in [7, 11) is 0. The Bertz CT molecular complexity index is 962. The number of ketones is 1. The van der Waals surface area contributed by atoms with Crippen molar-refractivity contribution in [3.8, 4) is 0 Å². The van der Waals surface area contributed by atoms with Crippen LogP contribution in [0.1, 0.15) is 43.3 Å². The molecule has 1 aromatic carbocycles. The number of carbonyl (C=O) groups excluding carboxylic acids is 2. The molecule has 150 valence electrons. The molecule has 1 aliphatic rings. The summed E-state index contributed by atoms with van der Waals surface area (Å²) in [6, 6.07) is 2.89. The van der Waals surface area contributed by atoms with Crippen LogP contribution < -0.4 is 10.9 Å². The molecule has 1 aliphatic heterocycles. The molecule has 2 heterocycles. The molecule has 3 rings (SSSR count). The summed E-state index contributed by atoms with van der Waals surface area (Å²) in [5.74, 6) is -0.422. The van der Waals surface area contributed by atoms with Crippen molar-refractivity contribution in [2.45, 2.75) is 50.7 Å². The third-order valence-corrected chi connectivity index (χ3v) is 6.11. The van der Waals surface area contributed by atoms with E-state index >= 15 is 0 Å². The van der Waals surface area contributed by atoms with Crippen molar-refractivity contribution in [1.82, 2.24) is 14.9 Å². The SMILES string of the molecule is O=C(CCCC(=O)n1cnc2cc(Br)c(Cl)cc2c1=O)CC1NCCCC1O. The number of hydrogen-bond acceptors (Lipinski definition) is 6. The van der Waals surface area contributed by atoms with Gasteiger partial charge >= 0.3 is 0 Å². The monoisotopic (exact) mass is 469 g/mol. The number of halogens is 2. The molecule has 28 heavy (non-hydrogen) atoms. The summed E-state index contributed by atoms with van der Waals surface area (Å²) in [5, 5.41) is 13.7. The van der Waals surface area contributed by atoms with Crippen molar-refractivity contribution in [1.29, 1.82) is 0 Å². The second kappa shape index (κ2) is 9.26. The first-order valence-corrected chi connectivity index (χ1v) is 10.4. The van der Waals surface area contributed by atoms with E-state index in [0.717, 1.165) is 17.5 Å². The number of rotatable bonds is 6. The van der Waals surface area contributed by atoms with Crippen molar-refractivity contribution in [3.05, 3.63) is 38.3 Å². The van der Waals surface area contributed by atoms with Gasteiger partial charge < -0.3 is 10.4 Å². The maximum Gasteiger partial charge on any atom is 0.268 e. The van der Waals surface area contributed by atoms with Gasteiger partial charge in [0.1, 0.15) is 12.1 Å². The molecule has 2 aromatic rings. The normalized spacial score (nSPS) is 19.7. The molecular weight excluding hydrogens is 450 g/mol. The van der Waals surface area contributed by atoms with Gasteiger partial charge in [-0.05, 0) is 53.9 Å². The highest BCUT2D eigenvalue weighted by molar-refractivity contribution is 9.10. The van der Waals surface area contributed by atoms with Gasteiger partial charge in [0.05, 0.1) is 22.0 Å². The fraction of sp³-hybridized carbons (Fsp3) is 0.474. The van der Waals surface area contributed by atoms with Gasteiger partial charge in [-0.15, -0.1) is 0 Å². The van der Waals surface area contributed by atoms with Crippen LogP contribution in [0.15, 0.2) is 27.7 Å². The van der Waals surface area contributed by atoms with Crippen LogP contribution in [0.3, 0.4) is 0 Å². The van der Waals surface area contributed by atoms with Gasteiger partial charge in [-0.25, -0.2) is 9.55 Å². The summed E-state index contributed by atoms with van der Waals surface area (Å²) in [4.78, 5) is 41.2. The van der Waals surface area contributed by atoms with Crippen LogP contribution in [0.5, 0.6) is 0 Å². The third kappa shape index (κ3) is 4.86. The molecule has 7 nitrogen and oxygen atoms in total. The van der Waals surface area contributed by atoms with Crippen molar-refractivity contribution in [2.24, 2.45) is 0 Å². The van der Waals surface area contributed by atoms with Gasteiger partial charge in [0.25, 0.3) is 5.56 Å². The molecule has 1 fully saturated rings. The molecule has 2 atom stereocenters. The van der Waals surface area contributed by atoms with Gasteiger partial charge in [-0.3, -0.25) is 14.4 Å². The van der Waals surface area contributed by atoms with E-state index in [9.17, 15) is 19.5 Å². The van der Waals surface area contributed by atoms with Crippen molar-refractivity contribution >= 4 is 50.1 Å². The minimum absolute atomic E-state index is 0.00753. The molecule has 0 amide bonds. The first-order valence-electron chi connectivity index (χ1n) is 9.19. The lowest BCUT2D eigenvalue weighted by atomic mass is 9.95. The van der Waals surface area contributed by atoms with E-state index in [4.69, 9.17) is 11.6 Å². The Hall–Kier alpha value is -1.61. The van der Waals surface area contributed by atoms with E-state index in [0.29, 0.717) is 27.9 Å². The fourth-order valence-electron chi connectivity index (χ4n) is 3.34. The first kappa shape index (κ1) is 21.1. The fourth-order valence-corrected chi connectivity index (χ4v) is 3.84. The van der Waals surface area contributed by atoms with E-state index in [2.05, 4.69) is 26.2 Å². The summed E-state index contributed by atoms with van der Waals surface area (Å²) >= 11 is 9.31. The van der Waals surface area contributed by atoms with Crippen LogP contribution in [0, 0.1) is 0 Å². The van der Waals surface area contributed by atoms with Crippen LogP contribution >= 0.6 is 27.5 Å². The second-order valence-electron chi connectivity index (χ2n) is 6.96. The number of Topliss-reactive ketones (excluding diaryl/α,β-unsaturated/α-hetero) is 1. The van der Waals surface area contributed by atoms with Crippen LogP contribution in [-0.4, -0.2) is 45.0 Å². The van der Waals surface area contributed by atoms with Gasteiger partial charge in [0.15, 0.2) is 0 Å². The average Bonchev–Trinajstić information content (AvgIpc) is 2.65. The maximum absolute atomic E-state index is 12.6. The number of nitrogens with zero attached hydrogens (tertiary/aromatic N) is 2. The van der Waals surface area contributed by atoms with Crippen LogP contribution in [0.4, 0.5) is 0 Å². The van der Waals surface area contributed by atoms with E-state index < -0.39 is 17.6 Å². The van der Waals surface area contributed by atoms with Crippen LogP contribution in [0.25, 0.3) is 10.9 Å². The zero-order valence-corrected chi connectivity index (χ0v) is 17.5. The lowest BCUT2D eigenvalue weighted by Crippen LogP contribution is -2.45. The molecule has 0 aliphatic carbocycles. The Kier molecular flexibility index (Phi) is 6.98. The molecular formula is C19H21BrClN3O4. The maximum atomic E-state index is 12.6. The highest BCUT2D eigenvalue weighted by Crippen LogP contribution is 2.25. The predicted octanol–water partition coefficient (Wildman–Crippen LogP) is 2.70. The van der Waals surface area contributed by atoms with Crippen molar-refractivity contribution < 1.29 is 14.7 Å². The Morgan fingerprint density at radius 1 is 1.36 bits per heavy atom. The largest absolute Gasteiger partial charge is 0.391 e. The highest BCUT2D eigenvalue weighted by atomic mass is 79.9. The zero-order valence-electron chi connectivity index (χ0n) is 15.2. The highest BCUT2D eigenvalue weighted by Gasteiger charge is 2.24. The van der Waals surface area contributed by atoms with Gasteiger partial charge in [-0.2, -0.15) is 0 Å². The molecule has 9 heteroatoms. The Balaban J connectivity index is 1.59. The third-order valence-electron chi connectivity index (χ3n) is 4.91. The van der Waals surface area contributed by atoms with Crippen LogP contribution in [-0.2, 0) is 4.79 Å². The topological polar surface area (TPSA) is 101 Å². The van der Waals surface area contributed by atoms with Crippen LogP contribution in [0.2, 0.25) is 5.02 Å². The van der Waals surface area contributed by atoms with Crippen molar-refractivity contribution in [2.75, 3.05) is 6.54 Å². The number of hydrogen-bond donors (Lipinski definition) is 2. The zero-order chi connectivity index (χ0) is 20.3. The minimum atomic E-state index is -0.506. The summed E-state index contributed by atoms with van der Waals surface area (Å²) < 4.78 is 1.58.